The van der Waals surface area contributed by atoms with Crippen LogP contribution in [0.3, 0.4) is 0 Å². The number of hydrogen-bond donors (Lipinski definition) is 2. The van der Waals surface area contributed by atoms with Crippen LogP contribution in [0, 0.1) is 11.6 Å². The van der Waals surface area contributed by atoms with E-state index in [1.54, 1.807) is 0 Å². The molecule has 8 nitrogen and oxygen atoms in total. The molecule has 0 unspecified atom stereocenters. The molecule has 11 heteroatoms. The van der Waals surface area contributed by atoms with Gasteiger partial charge < -0.3 is 15.4 Å². The molecule has 0 radical (unpaired) electrons. The normalized spacial score (nSPS) is 16.9. The minimum absolute atomic E-state index is 0.0253. The van der Waals surface area contributed by atoms with Gasteiger partial charge in [-0.25, -0.2) is 17.2 Å². The lowest BCUT2D eigenvalue weighted by atomic mass is 10.2. The predicted octanol–water partition coefficient (Wildman–Crippen LogP) is 0.744. The van der Waals surface area contributed by atoms with Crippen molar-refractivity contribution in [3.8, 4) is 0 Å². The summed E-state index contributed by atoms with van der Waals surface area (Å²) in [6.07, 6.45) is -1.01. The van der Waals surface area contributed by atoms with Crippen molar-refractivity contribution in [2.45, 2.75) is 17.7 Å². The number of nitrogens with one attached hydrogen (secondary N) is 2. The van der Waals surface area contributed by atoms with Crippen LogP contribution in [0.15, 0.2) is 53.4 Å². The molecule has 0 aliphatic carbocycles. The van der Waals surface area contributed by atoms with Gasteiger partial charge in [0.05, 0.1) is 18.0 Å². The van der Waals surface area contributed by atoms with Gasteiger partial charge in [-0.05, 0) is 42.0 Å². The second kappa shape index (κ2) is 9.28. The molecule has 2 N–H and O–H groups in total. The van der Waals surface area contributed by atoms with Crippen LogP contribution in [0.4, 0.5) is 8.78 Å². The molecule has 1 aliphatic heterocycles. The summed E-state index contributed by atoms with van der Waals surface area (Å²) in [5, 5.41) is 4.71. The zero-order valence-corrected chi connectivity index (χ0v) is 16.5. The van der Waals surface area contributed by atoms with E-state index < -0.39 is 39.7 Å². The zero-order valence-electron chi connectivity index (χ0n) is 15.7. The smallest absolute Gasteiger partial charge is 0.309 e. The van der Waals surface area contributed by atoms with E-state index in [0.717, 1.165) is 28.6 Å². The van der Waals surface area contributed by atoms with Crippen LogP contribution in [0.5, 0.6) is 0 Å². The average Bonchev–Trinajstić information content (AvgIpc) is 3.21. The SMILES string of the molecule is O=C(NCc1ccc(F)cc1)C(=O)NC[C@@H]1OCCN1S(=O)(=O)c1ccc(F)cc1. The van der Waals surface area contributed by atoms with Crippen molar-refractivity contribution in [3.05, 3.63) is 65.7 Å². The maximum absolute atomic E-state index is 13.1. The molecule has 1 fully saturated rings. The Kier molecular flexibility index (Phi) is 6.75. The van der Waals surface area contributed by atoms with Crippen LogP contribution in [-0.2, 0) is 30.9 Å². The van der Waals surface area contributed by atoms with E-state index in [1.165, 1.54) is 24.3 Å². The fraction of sp³-hybridized carbons (Fsp3) is 0.263. The largest absolute Gasteiger partial charge is 0.359 e. The molecule has 160 valence electrons. The van der Waals surface area contributed by atoms with Crippen LogP contribution in [0.25, 0.3) is 0 Å². The van der Waals surface area contributed by atoms with Gasteiger partial charge >= 0.3 is 11.8 Å². The van der Waals surface area contributed by atoms with E-state index in [-0.39, 0.29) is 31.1 Å². The third-order valence-electron chi connectivity index (χ3n) is 4.37. The fourth-order valence-corrected chi connectivity index (χ4v) is 4.32. The Morgan fingerprint density at radius 2 is 1.53 bits per heavy atom. The molecule has 1 aliphatic rings. The molecule has 1 heterocycles. The zero-order chi connectivity index (χ0) is 21.7. The maximum atomic E-state index is 13.1. The van der Waals surface area contributed by atoms with Gasteiger partial charge in [-0.1, -0.05) is 12.1 Å². The van der Waals surface area contributed by atoms with Crippen molar-refractivity contribution in [3.63, 3.8) is 0 Å². The standard InChI is InChI=1S/C19H19F2N3O5S/c20-14-3-1-13(2-4-14)11-22-18(25)19(26)23-12-17-24(9-10-29-17)30(27,28)16-7-5-15(21)6-8-16/h1-8,17H,9-12H2,(H,22,25)(H,23,26)/t17-/m0/s1. The molecule has 0 spiro atoms. The van der Waals surface area contributed by atoms with Crippen molar-refractivity contribution in [1.82, 2.24) is 14.9 Å². The van der Waals surface area contributed by atoms with E-state index in [9.17, 15) is 26.8 Å². The lowest BCUT2D eigenvalue weighted by Gasteiger charge is -2.22. The lowest BCUT2D eigenvalue weighted by Crippen LogP contribution is -2.47. The topological polar surface area (TPSA) is 105 Å². The van der Waals surface area contributed by atoms with Gasteiger partial charge in [-0.2, -0.15) is 4.31 Å². The van der Waals surface area contributed by atoms with E-state index in [0.29, 0.717) is 5.56 Å². The molecule has 2 aromatic rings. The van der Waals surface area contributed by atoms with Gasteiger partial charge in [0.2, 0.25) is 10.0 Å². The van der Waals surface area contributed by atoms with Crippen LogP contribution in [0.1, 0.15) is 5.56 Å². The van der Waals surface area contributed by atoms with E-state index in [2.05, 4.69) is 10.6 Å². The summed E-state index contributed by atoms with van der Waals surface area (Å²) in [4.78, 5) is 23.8. The van der Waals surface area contributed by atoms with Gasteiger partial charge in [0.15, 0.2) is 0 Å². The number of nitrogens with zero attached hydrogens (tertiary/aromatic N) is 1. The summed E-state index contributed by atoms with van der Waals surface area (Å²) in [5.41, 5.74) is 0.605. The summed E-state index contributed by atoms with van der Waals surface area (Å²) in [6, 6.07) is 9.75. The second-order valence-corrected chi connectivity index (χ2v) is 8.30. The first-order valence-corrected chi connectivity index (χ1v) is 10.4. The quantitative estimate of drug-likeness (QED) is 0.647. The number of hydrogen-bond acceptors (Lipinski definition) is 5. The molecular weight excluding hydrogens is 420 g/mol. The summed E-state index contributed by atoms with van der Waals surface area (Å²) in [5.74, 6) is -2.88. The van der Waals surface area contributed by atoms with Crippen molar-refractivity contribution < 1.29 is 31.5 Å². The van der Waals surface area contributed by atoms with Gasteiger partial charge in [0.25, 0.3) is 0 Å². The summed E-state index contributed by atoms with van der Waals surface area (Å²) < 4.78 is 57.8. The molecule has 3 rings (SSSR count). The van der Waals surface area contributed by atoms with Gasteiger partial charge in [0.1, 0.15) is 17.9 Å². The summed E-state index contributed by atoms with van der Waals surface area (Å²) in [7, 11) is -3.96. The van der Waals surface area contributed by atoms with Crippen molar-refractivity contribution in [1.29, 1.82) is 0 Å². The van der Waals surface area contributed by atoms with Gasteiger partial charge in [0, 0.05) is 13.1 Å². The second-order valence-electron chi connectivity index (χ2n) is 6.41. The third-order valence-corrected chi connectivity index (χ3v) is 6.28. The number of sulfonamides is 1. The number of carbonyl (C=O) groups is 2. The minimum atomic E-state index is -3.96. The van der Waals surface area contributed by atoms with E-state index in [4.69, 9.17) is 4.74 Å². The van der Waals surface area contributed by atoms with E-state index >= 15 is 0 Å². The number of benzene rings is 2. The van der Waals surface area contributed by atoms with Crippen LogP contribution in [-0.4, -0.2) is 50.5 Å². The Hall–Kier alpha value is -2.89. The third kappa shape index (κ3) is 5.17. The Labute approximate surface area is 171 Å². The number of amides is 2. The number of carbonyl (C=O) groups excluding carboxylic acids is 2. The average molecular weight is 439 g/mol. The molecule has 0 bridgehead atoms. The highest BCUT2D eigenvalue weighted by molar-refractivity contribution is 7.89. The molecule has 30 heavy (non-hydrogen) atoms. The van der Waals surface area contributed by atoms with Gasteiger partial charge in [-0.3, -0.25) is 9.59 Å². The van der Waals surface area contributed by atoms with Crippen LogP contribution >= 0.6 is 0 Å². The van der Waals surface area contributed by atoms with Crippen LogP contribution < -0.4 is 10.6 Å². The molecule has 1 atom stereocenters. The summed E-state index contributed by atoms with van der Waals surface area (Å²) in [6.45, 7) is -0.0600. The minimum Gasteiger partial charge on any atom is -0.359 e. The molecule has 1 saturated heterocycles. The molecule has 2 amide bonds. The molecular formula is C19H19F2N3O5S. The lowest BCUT2D eigenvalue weighted by molar-refractivity contribution is -0.139. The Morgan fingerprint density at radius 1 is 0.967 bits per heavy atom. The molecule has 0 saturated carbocycles. The fourth-order valence-electron chi connectivity index (χ4n) is 2.81. The Morgan fingerprint density at radius 3 is 2.17 bits per heavy atom. The molecule has 2 aromatic carbocycles. The van der Waals surface area contributed by atoms with E-state index in [1.807, 2.05) is 0 Å². The van der Waals surface area contributed by atoms with Crippen molar-refractivity contribution in [2.75, 3.05) is 19.7 Å². The first-order valence-electron chi connectivity index (χ1n) is 8.97. The van der Waals surface area contributed by atoms with Crippen molar-refractivity contribution >= 4 is 21.8 Å². The first kappa shape index (κ1) is 21.8. The Balaban J connectivity index is 1.54. The maximum Gasteiger partial charge on any atom is 0.309 e. The van der Waals surface area contributed by atoms with Crippen LogP contribution in [0.2, 0.25) is 0 Å². The number of rotatable bonds is 6. The van der Waals surface area contributed by atoms with Gasteiger partial charge in [-0.15, -0.1) is 0 Å². The van der Waals surface area contributed by atoms with Crippen molar-refractivity contribution in [2.24, 2.45) is 0 Å². The monoisotopic (exact) mass is 439 g/mol. The number of halogens is 2. The number of ether oxygens (including phenoxy) is 1. The highest BCUT2D eigenvalue weighted by Crippen LogP contribution is 2.22. The predicted molar refractivity (Wildman–Crippen MR) is 101 cm³/mol. The highest BCUT2D eigenvalue weighted by Gasteiger charge is 2.36. The first-order chi connectivity index (χ1) is 14.3. The summed E-state index contributed by atoms with van der Waals surface area (Å²) >= 11 is 0. The highest BCUT2D eigenvalue weighted by atomic mass is 32.2. The molecule has 0 aromatic heterocycles. The Bertz CT molecular complexity index is 1010.